The molecule has 3 heterocycles. The zero-order valence-electron chi connectivity index (χ0n) is 15.1. The molecule has 1 amide bonds. The number of benzene rings is 1. The minimum atomic E-state index is -0.0619. The van der Waals surface area contributed by atoms with Crippen LogP contribution >= 0.6 is 11.3 Å². The van der Waals surface area contributed by atoms with E-state index in [9.17, 15) is 4.79 Å². The summed E-state index contributed by atoms with van der Waals surface area (Å²) in [6.45, 7) is 4.23. The molecule has 0 bridgehead atoms. The number of hydrogen-bond acceptors (Lipinski definition) is 5. The van der Waals surface area contributed by atoms with Crippen LogP contribution in [0.4, 0.5) is 0 Å². The van der Waals surface area contributed by atoms with E-state index >= 15 is 0 Å². The number of amides is 1. The number of nitrogens with zero attached hydrogens (tertiary/aromatic N) is 1. The molecule has 0 spiro atoms. The minimum absolute atomic E-state index is 0.0619. The van der Waals surface area contributed by atoms with Gasteiger partial charge in [-0.2, -0.15) is 0 Å². The van der Waals surface area contributed by atoms with Gasteiger partial charge in [0.25, 0.3) is 5.91 Å². The maximum atomic E-state index is 13.2. The van der Waals surface area contributed by atoms with E-state index in [2.05, 4.69) is 19.1 Å². The maximum Gasteiger partial charge on any atom is 0.254 e. The molecule has 0 fully saturated rings. The Morgan fingerprint density at radius 1 is 1.07 bits per heavy atom. The fourth-order valence-corrected chi connectivity index (χ4v) is 3.93. The smallest absolute Gasteiger partial charge is 0.254 e. The van der Waals surface area contributed by atoms with Crippen LogP contribution < -0.4 is 9.47 Å². The van der Waals surface area contributed by atoms with E-state index in [0.717, 1.165) is 17.1 Å². The molecular formula is C21H21NO4S. The van der Waals surface area contributed by atoms with Crippen molar-refractivity contribution in [2.24, 2.45) is 0 Å². The van der Waals surface area contributed by atoms with Crippen LogP contribution in [0.5, 0.6) is 11.5 Å². The highest BCUT2D eigenvalue weighted by Crippen LogP contribution is 2.31. The lowest BCUT2D eigenvalue weighted by molar-refractivity contribution is 0.0719. The first kappa shape index (κ1) is 17.7. The van der Waals surface area contributed by atoms with Gasteiger partial charge >= 0.3 is 0 Å². The van der Waals surface area contributed by atoms with Crippen LogP contribution in [-0.4, -0.2) is 24.0 Å². The lowest BCUT2D eigenvalue weighted by Gasteiger charge is -2.21. The topological polar surface area (TPSA) is 51.9 Å². The molecule has 2 aromatic heterocycles. The van der Waals surface area contributed by atoms with E-state index in [4.69, 9.17) is 13.9 Å². The number of aryl methyl sites for hydroxylation is 1. The summed E-state index contributed by atoms with van der Waals surface area (Å²) in [5, 5.41) is 0. The molecule has 0 radical (unpaired) electrons. The van der Waals surface area contributed by atoms with E-state index in [1.807, 2.05) is 18.2 Å². The molecule has 0 atom stereocenters. The average Bonchev–Trinajstić information content (AvgIpc) is 3.26. The third-order valence-corrected chi connectivity index (χ3v) is 5.34. The molecule has 27 heavy (non-hydrogen) atoms. The van der Waals surface area contributed by atoms with Crippen molar-refractivity contribution in [3.63, 3.8) is 0 Å². The fourth-order valence-electron chi connectivity index (χ4n) is 3.03. The first-order valence-corrected chi connectivity index (χ1v) is 9.77. The van der Waals surface area contributed by atoms with Crippen LogP contribution in [0.2, 0.25) is 0 Å². The van der Waals surface area contributed by atoms with Crippen molar-refractivity contribution in [2.45, 2.75) is 26.4 Å². The first-order valence-electron chi connectivity index (χ1n) is 8.96. The second-order valence-corrected chi connectivity index (χ2v) is 7.84. The summed E-state index contributed by atoms with van der Waals surface area (Å²) in [7, 11) is 0. The average molecular weight is 383 g/mol. The van der Waals surface area contributed by atoms with E-state index in [1.165, 1.54) is 4.88 Å². The van der Waals surface area contributed by atoms with Crippen LogP contribution in [0.1, 0.15) is 32.3 Å². The van der Waals surface area contributed by atoms with Crippen molar-refractivity contribution < 1.29 is 18.7 Å². The van der Waals surface area contributed by atoms with Crippen molar-refractivity contribution in [1.29, 1.82) is 0 Å². The molecule has 0 N–H and O–H groups in total. The Hall–Kier alpha value is -2.73. The summed E-state index contributed by atoms with van der Waals surface area (Å²) in [5.74, 6) is 2.01. The van der Waals surface area contributed by atoms with Gasteiger partial charge in [-0.25, -0.2) is 0 Å². The maximum absolute atomic E-state index is 13.2. The number of carbonyl (C=O) groups excluding carboxylic acids is 1. The fraction of sp³-hybridized carbons (Fsp3) is 0.286. The summed E-state index contributed by atoms with van der Waals surface area (Å²) in [4.78, 5) is 17.4. The monoisotopic (exact) mass is 383 g/mol. The highest BCUT2D eigenvalue weighted by molar-refractivity contribution is 7.11. The quantitative estimate of drug-likeness (QED) is 0.643. The Balaban J connectivity index is 1.60. The summed E-state index contributed by atoms with van der Waals surface area (Å²) in [5.41, 5.74) is 0.582. The molecule has 0 unspecified atom stereocenters. The molecule has 0 saturated heterocycles. The van der Waals surface area contributed by atoms with E-state index in [1.54, 1.807) is 34.6 Å². The highest BCUT2D eigenvalue weighted by atomic mass is 32.1. The minimum Gasteiger partial charge on any atom is -0.490 e. The van der Waals surface area contributed by atoms with Gasteiger partial charge in [0.1, 0.15) is 5.76 Å². The first-order chi connectivity index (χ1) is 13.2. The predicted octanol–water partition coefficient (Wildman–Crippen LogP) is 4.65. The number of fused-ring (bicyclic) bond motifs is 1. The van der Waals surface area contributed by atoms with Crippen LogP contribution in [-0.2, 0) is 13.1 Å². The molecule has 1 aromatic carbocycles. The standard InChI is InChI=1S/C21H21NO4S/c1-15-5-7-18(27-15)14-22(13-17-4-2-9-24-17)21(23)16-6-8-19-20(12-16)26-11-3-10-25-19/h2,4-9,12H,3,10-11,13-14H2,1H3. The third kappa shape index (κ3) is 4.17. The molecule has 1 aliphatic heterocycles. The van der Waals surface area contributed by atoms with Gasteiger partial charge in [0.2, 0.25) is 0 Å². The zero-order valence-corrected chi connectivity index (χ0v) is 16.0. The van der Waals surface area contributed by atoms with Gasteiger partial charge in [0.05, 0.1) is 32.6 Å². The lowest BCUT2D eigenvalue weighted by atomic mass is 10.1. The highest BCUT2D eigenvalue weighted by Gasteiger charge is 2.21. The van der Waals surface area contributed by atoms with Crippen molar-refractivity contribution in [3.05, 3.63) is 69.8 Å². The number of ether oxygens (including phenoxy) is 2. The van der Waals surface area contributed by atoms with Gasteiger partial charge in [-0.05, 0) is 49.4 Å². The summed E-state index contributed by atoms with van der Waals surface area (Å²) >= 11 is 1.70. The van der Waals surface area contributed by atoms with Gasteiger partial charge in [-0.1, -0.05) is 0 Å². The van der Waals surface area contributed by atoms with Crippen LogP contribution in [0.3, 0.4) is 0 Å². The second-order valence-electron chi connectivity index (χ2n) is 6.46. The predicted molar refractivity (Wildman–Crippen MR) is 103 cm³/mol. The Morgan fingerprint density at radius 2 is 1.93 bits per heavy atom. The lowest BCUT2D eigenvalue weighted by Crippen LogP contribution is -2.29. The number of hydrogen-bond donors (Lipinski definition) is 0. The molecule has 3 aromatic rings. The molecule has 0 aliphatic carbocycles. The summed E-state index contributed by atoms with van der Waals surface area (Å²) in [6, 6.07) is 13.2. The number of carbonyl (C=O) groups is 1. The van der Waals surface area contributed by atoms with Gasteiger partial charge in [0, 0.05) is 21.7 Å². The largest absolute Gasteiger partial charge is 0.490 e. The molecule has 1 aliphatic rings. The van der Waals surface area contributed by atoms with Gasteiger partial charge < -0.3 is 18.8 Å². The molecule has 5 nitrogen and oxygen atoms in total. The van der Waals surface area contributed by atoms with Crippen molar-refractivity contribution in [3.8, 4) is 11.5 Å². The normalized spacial score (nSPS) is 13.2. The number of thiophene rings is 1. The second kappa shape index (κ2) is 7.88. The molecule has 6 heteroatoms. The van der Waals surface area contributed by atoms with Crippen molar-refractivity contribution in [1.82, 2.24) is 4.90 Å². The Morgan fingerprint density at radius 3 is 2.67 bits per heavy atom. The van der Waals surface area contributed by atoms with Crippen LogP contribution in [0.15, 0.2) is 53.1 Å². The van der Waals surface area contributed by atoms with Crippen LogP contribution in [0.25, 0.3) is 0 Å². The molecule has 4 rings (SSSR count). The van der Waals surface area contributed by atoms with Crippen molar-refractivity contribution >= 4 is 17.2 Å². The Labute approximate surface area is 162 Å². The van der Waals surface area contributed by atoms with Crippen molar-refractivity contribution in [2.75, 3.05) is 13.2 Å². The van der Waals surface area contributed by atoms with E-state index in [0.29, 0.717) is 43.4 Å². The number of furan rings is 1. The Bertz CT molecular complexity index is 916. The summed E-state index contributed by atoms with van der Waals surface area (Å²) in [6.07, 6.45) is 2.46. The molecule has 140 valence electrons. The Kier molecular flexibility index (Phi) is 5.16. The third-order valence-electron chi connectivity index (χ3n) is 4.35. The zero-order chi connectivity index (χ0) is 18.6. The van der Waals surface area contributed by atoms with Gasteiger partial charge in [-0.15, -0.1) is 11.3 Å². The number of rotatable bonds is 5. The van der Waals surface area contributed by atoms with Crippen LogP contribution in [0, 0.1) is 6.92 Å². The van der Waals surface area contributed by atoms with E-state index in [-0.39, 0.29) is 5.91 Å². The SMILES string of the molecule is Cc1ccc(CN(Cc2ccco2)C(=O)c2ccc3c(c2)OCCCO3)s1. The molecular weight excluding hydrogens is 362 g/mol. The van der Waals surface area contributed by atoms with Gasteiger partial charge in [0.15, 0.2) is 11.5 Å². The van der Waals surface area contributed by atoms with E-state index < -0.39 is 0 Å². The van der Waals surface area contributed by atoms with Gasteiger partial charge in [-0.3, -0.25) is 4.79 Å². The summed E-state index contributed by atoms with van der Waals surface area (Å²) < 4.78 is 16.9. The molecule has 0 saturated carbocycles.